The van der Waals surface area contributed by atoms with Crippen molar-refractivity contribution in [2.24, 2.45) is 13.0 Å². The van der Waals surface area contributed by atoms with Crippen LogP contribution >= 0.6 is 0 Å². The molecule has 194 valence electrons. The van der Waals surface area contributed by atoms with Crippen molar-refractivity contribution in [3.8, 4) is 22.9 Å². The number of aromatic nitrogens is 2. The van der Waals surface area contributed by atoms with Crippen LogP contribution in [0.25, 0.3) is 11.3 Å². The lowest BCUT2D eigenvalue weighted by molar-refractivity contribution is -0.00399. The third kappa shape index (κ3) is 7.40. The van der Waals surface area contributed by atoms with Gasteiger partial charge in [-0.3, -0.25) is 4.90 Å². The summed E-state index contributed by atoms with van der Waals surface area (Å²) in [7, 11) is 1.91. The Kier molecular flexibility index (Phi) is 9.53. The number of aliphatic hydroxyl groups is 1. The van der Waals surface area contributed by atoms with Gasteiger partial charge in [0.1, 0.15) is 11.4 Å². The molecule has 2 aromatic carbocycles. The van der Waals surface area contributed by atoms with Crippen LogP contribution in [0.3, 0.4) is 0 Å². The molecule has 4 rings (SSSR count). The van der Waals surface area contributed by atoms with Crippen molar-refractivity contribution in [3.63, 3.8) is 0 Å². The molecule has 0 amide bonds. The number of hydrogen-bond acceptors (Lipinski definition) is 6. The molecule has 1 N–H and O–H groups in total. The van der Waals surface area contributed by atoms with E-state index >= 15 is 0 Å². The topological polar surface area (TPSA) is 69.0 Å². The van der Waals surface area contributed by atoms with Crippen LogP contribution in [0.5, 0.6) is 11.6 Å². The zero-order chi connectivity index (χ0) is 25.3. The average molecular weight is 494 g/mol. The van der Waals surface area contributed by atoms with E-state index in [-0.39, 0.29) is 6.10 Å². The fourth-order valence-electron chi connectivity index (χ4n) is 4.54. The molecule has 3 aromatic rings. The van der Waals surface area contributed by atoms with E-state index in [1.165, 1.54) is 0 Å². The lowest BCUT2D eigenvalue weighted by Crippen LogP contribution is -2.39. The molecule has 0 unspecified atom stereocenters. The Morgan fingerprint density at radius 2 is 1.81 bits per heavy atom. The highest BCUT2D eigenvalue weighted by atomic mass is 16.5. The fourth-order valence-corrected chi connectivity index (χ4v) is 4.54. The van der Waals surface area contributed by atoms with Crippen molar-refractivity contribution in [2.75, 3.05) is 32.9 Å². The van der Waals surface area contributed by atoms with Gasteiger partial charge in [-0.15, -0.1) is 0 Å². The van der Waals surface area contributed by atoms with Crippen LogP contribution in [0.1, 0.15) is 32.3 Å². The molecule has 2 atom stereocenters. The Morgan fingerprint density at radius 3 is 2.47 bits per heavy atom. The van der Waals surface area contributed by atoms with Gasteiger partial charge in [0.05, 0.1) is 24.4 Å². The first kappa shape index (κ1) is 26.4. The fraction of sp³-hybridized carbons (Fsp3) is 0.483. The Morgan fingerprint density at radius 1 is 1.08 bits per heavy atom. The second kappa shape index (κ2) is 13.0. The Balaban J connectivity index is 1.61. The van der Waals surface area contributed by atoms with E-state index in [0.29, 0.717) is 38.1 Å². The monoisotopic (exact) mass is 493 g/mol. The molecule has 36 heavy (non-hydrogen) atoms. The Hall–Kier alpha value is -2.71. The summed E-state index contributed by atoms with van der Waals surface area (Å²) in [5.74, 6) is 1.89. The zero-order valence-corrected chi connectivity index (χ0v) is 21.7. The predicted molar refractivity (Wildman–Crippen MR) is 141 cm³/mol. The summed E-state index contributed by atoms with van der Waals surface area (Å²) in [6, 6.07) is 20.0. The van der Waals surface area contributed by atoms with Crippen molar-refractivity contribution < 1.29 is 19.3 Å². The summed E-state index contributed by atoms with van der Waals surface area (Å²) in [6.07, 6.45) is 1.66. The summed E-state index contributed by atoms with van der Waals surface area (Å²) in [5.41, 5.74) is 2.90. The smallest absolute Gasteiger partial charge is 0.222 e. The summed E-state index contributed by atoms with van der Waals surface area (Å²) in [6.45, 7) is 7.74. The highest BCUT2D eigenvalue weighted by molar-refractivity contribution is 5.65. The number of benzene rings is 2. The first-order chi connectivity index (χ1) is 17.5. The van der Waals surface area contributed by atoms with E-state index in [1.807, 2.05) is 55.6 Å². The van der Waals surface area contributed by atoms with E-state index in [4.69, 9.17) is 19.3 Å². The first-order valence-corrected chi connectivity index (χ1v) is 12.9. The van der Waals surface area contributed by atoms with Gasteiger partial charge in [-0.1, -0.05) is 62.4 Å². The molecular weight excluding hydrogens is 454 g/mol. The molecule has 1 aromatic heterocycles. The van der Waals surface area contributed by atoms with Crippen molar-refractivity contribution in [2.45, 2.75) is 45.4 Å². The first-order valence-electron chi connectivity index (χ1n) is 12.9. The van der Waals surface area contributed by atoms with E-state index < -0.39 is 6.10 Å². The summed E-state index contributed by atoms with van der Waals surface area (Å²) < 4.78 is 19.9. The predicted octanol–water partition coefficient (Wildman–Crippen LogP) is 4.89. The lowest BCUT2D eigenvalue weighted by Gasteiger charge is -2.28. The van der Waals surface area contributed by atoms with Gasteiger partial charge in [0, 0.05) is 45.5 Å². The van der Waals surface area contributed by atoms with E-state index in [2.05, 4.69) is 30.9 Å². The number of aliphatic hydroxyl groups excluding tert-OH is 1. The molecule has 1 aliphatic heterocycles. The van der Waals surface area contributed by atoms with Gasteiger partial charge in [0.2, 0.25) is 5.88 Å². The molecule has 1 fully saturated rings. The molecule has 0 radical (unpaired) electrons. The Labute approximate surface area is 214 Å². The largest absolute Gasteiger partial charge is 0.439 e. The van der Waals surface area contributed by atoms with Crippen LogP contribution in [0.15, 0.2) is 60.7 Å². The van der Waals surface area contributed by atoms with E-state index in [9.17, 15) is 5.11 Å². The molecule has 1 aliphatic rings. The summed E-state index contributed by atoms with van der Waals surface area (Å²) in [5, 5.41) is 15.7. The Bertz CT molecular complexity index is 1050. The van der Waals surface area contributed by atoms with Crippen molar-refractivity contribution in [3.05, 3.63) is 66.2 Å². The maximum absolute atomic E-state index is 10.8. The third-order valence-electron chi connectivity index (χ3n) is 6.19. The SMILES string of the molecule is CC(C)COC[C@@H](O)CN(Cc1c(-c2ccccc2)nn(C)c1Oc1ccccc1)C[C@H]1CCCO1. The molecule has 0 spiro atoms. The molecule has 7 heteroatoms. The van der Waals surface area contributed by atoms with Gasteiger partial charge in [-0.05, 0) is 30.9 Å². The number of para-hydroxylation sites is 1. The van der Waals surface area contributed by atoms with Crippen LogP contribution in [0.2, 0.25) is 0 Å². The molecule has 2 heterocycles. The third-order valence-corrected chi connectivity index (χ3v) is 6.19. The second-order valence-corrected chi connectivity index (χ2v) is 9.95. The normalized spacial score (nSPS) is 16.7. The average Bonchev–Trinajstić information content (AvgIpc) is 3.48. The number of ether oxygens (including phenoxy) is 3. The van der Waals surface area contributed by atoms with Gasteiger partial charge in [-0.2, -0.15) is 5.10 Å². The van der Waals surface area contributed by atoms with Crippen molar-refractivity contribution >= 4 is 0 Å². The van der Waals surface area contributed by atoms with Crippen LogP contribution in [0, 0.1) is 5.92 Å². The van der Waals surface area contributed by atoms with Crippen LogP contribution in [-0.2, 0) is 23.1 Å². The minimum atomic E-state index is -0.597. The minimum absolute atomic E-state index is 0.157. The molecular formula is C29H39N3O4. The number of aryl methyl sites for hydroxylation is 1. The quantitative estimate of drug-likeness (QED) is 0.366. The van der Waals surface area contributed by atoms with Crippen LogP contribution in [0.4, 0.5) is 0 Å². The number of rotatable bonds is 13. The summed E-state index contributed by atoms with van der Waals surface area (Å²) >= 11 is 0. The molecule has 0 saturated carbocycles. The van der Waals surface area contributed by atoms with Crippen LogP contribution in [-0.4, -0.2) is 64.9 Å². The van der Waals surface area contributed by atoms with Gasteiger partial charge >= 0.3 is 0 Å². The summed E-state index contributed by atoms with van der Waals surface area (Å²) in [4.78, 5) is 2.25. The number of hydrogen-bond donors (Lipinski definition) is 1. The zero-order valence-electron chi connectivity index (χ0n) is 21.7. The molecule has 0 bridgehead atoms. The molecule has 0 aliphatic carbocycles. The maximum atomic E-state index is 10.8. The van der Waals surface area contributed by atoms with E-state index in [0.717, 1.165) is 48.6 Å². The van der Waals surface area contributed by atoms with E-state index in [1.54, 1.807) is 4.68 Å². The van der Waals surface area contributed by atoms with Gasteiger partial charge in [-0.25, -0.2) is 4.68 Å². The maximum Gasteiger partial charge on any atom is 0.222 e. The number of nitrogens with zero attached hydrogens (tertiary/aromatic N) is 3. The standard InChI is InChI=1S/C29H39N3O4/c1-22(2)20-34-21-24(33)17-32(18-26-15-10-16-35-26)19-27-28(23-11-6-4-7-12-23)30-31(3)29(27)36-25-13-8-5-9-14-25/h4-9,11-14,22,24,26,33H,10,15-21H2,1-3H3/t24-,26+/m0/s1. The molecule has 1 saturated heterocycles. The highest BCUT2D eigenvalue weighted by Gasteiger charge is 2.26. The van der Waals surface area contributed by atoms with Crippen LogP contribution < -0.4 is 4.74 Å². The lowest BCUT2D eigenvalue weighted by atomic mass is 10.1. The highest BCUT2D eigenvalue weighted by Crippen LogP contribution is 2.34. The van der Waals surface area contributed by atoms with Crippen molar-refractivity contribution in [1.82, 2.24) is 14.7 Å². The second-order valence-electron chi connectivity index (χ2n) is 9.95. The van der Waals surface area contributed by atoms with Gasteiger partial charge in [0.25, 0.3) is 0 Å². The van der Waals surface area contributed by atoms with Gasteiger partial charge < -0.3 is 19.3 Å². The van der Waals surface area contributed by atoms with Gasteiger partial charge in [0.15, 0.2) is 0 Å². The minimum Gasteiger partial charge on any atom is -0.439 e. The molecule has 7 nitrogen and oxygen atoms in total. The van der Waals surface area contributed by atoms with Crippen molar-refractivity contribution in [1.29, 1.82) is 0 Å².